The van der Waals surface area contributed by atoms with E-state index in [0.29, 0.717) is 5.95 Å². The maximum absolute atomic E-state index is 9.32. The summed E-state index contributed by atoms with van der Waals surface area (Å²) < 4.78 is 0. The third-order valence-corrected chi connectivity index (χ3v) is 2.25. The summed E-state index contributed by atoms with van der Waals surface area (Å²) in [5.74, 6) is 0.519. The molecule has 0 saturated heterocycles. The Bertz CT molecular complexity index is 419. The molecule has 1 unspecified atom stereocenters. The highest BCUT2D eigenvalue weighted by Gasteiger charge is 2.10. The average molecular weight is 215 g/mol. The van der Waals surface area contributed by atoms with Crippen LogP contribution in [0.1, 0.15) is 11.6 Å². The summed E-state index contributed by atoms with van der Waals surface area (Å²) in [5, 5.41) is 12.4. The molecule has 0 bridgehead atoms. The molecule has 1 atom stereocenters. The third kappa shape index (κ3) is 2.55. The number of benzene rings is 1. The highest BCUT2D eigenvalue weighted by Crippen LogP contribution is 2.15. The topological polar surface area (TPSA) is 58.0 Å². The minimum absolute atomic E-state index is 0.00225. The molecule has 4 heteroatoms. The van der Waals surface area contributed by atoms with Crippen molar-refractivity contribution in [2.45, 2.75) is 6.04 Å². The van der Waals surface area contributed by atoms with Crippen molar-refractivity contribution in [2.24, 2.45) is 0 Å². The Kier molecular flexibility index (Phi) is 3.46. The van der Waals surface area contributed by atoms with Crippen LogP contribution in [0.3, 0.4) is 0 Å². The highest BCUT2D eigenvalue weighted by molar-refractivity contribution is 5.31. The van der Waals surface area contributed by atoms with Gasteiger partial charge >= 0.3 is 0 Å². The fourth-order valence-electron chi connectivity index (χ4n) is 1.45. The van der Waals surface area contributed by atoms with Gasteiger partial charge in [0.05, 0.1) is 12.6 Å². The first-order valence-electron chi connectivity index (χ1n) is 5.09. The summed E-state index contributed by atoms with van der Waals surface area (Å²) in [6.07, 6.45) is 3.32. The standard InChI is InChI=1S/C12H13N3O/c16-9-11(10-5-2-1-3-6-10)15-12-13-7-4-8-14-12/h1-8,11,16H,9H2,(H,13,14,15). The molecular formula is C12H13N3O. The van der Waals surface area contributed by atoms with Crippen LogP contribution in [-0.2, 0) is 0 Å². The van der Waals surface area contributed by atoms with E-state index in [4.69, 9.17) is 0 Å². The predicted molar refractivity (Wildman–Crippen MR) is 61.9 cm³/mol. The number of hydrogen-bond donors (Lipinski definition) is 2. The summed E-state index contributed by atoms with van der Waals surface area (Å²) >= 11 is 0. The summed E-state index contributed by atoms with van der Waals surface area (Å²) in [6, 6.07) is 11.3. The van der Waals surface area contributed by atoms with Gasteiger partial charge in [0.15, 0.2) is 0 Å². The minimum Gasteiger partial charge on any atom is -0.394 e. The highest BCUT2D eigenvalue weighted by atomic mass is 16.3. The second-order valence-electron chi connectivity index (χ2n) is 3.36. The van der Waals surface area contributed by atoms with Crippen LogP contribution in [0.2, 0.25) is 0 Å². The molecule has 0 aliphatic carbocycles. The SMILES string of the molecule is OCC(Nc1ncccn1)c1ccccc1. The molecule has 0 aliphatic heterocycles. The van der Waals surface area contributed by atoms with Gasteiger partial charge in [0, 0.05) is 12.4 Å². The van der Waals surface area contributed by atoms with Crippen molar-refractivity contribution in [3.05, 3.63) is 54.4 Å². The molecule has 0 fully saturated rings. The van der Waals surface area contributed by atoms with Crippen LogP contribution in [-0.4, -0.2) is 21.7 Å². The number of rotatable bonds is 4. The molecule has 16 heavy (non-hydrogen) atoms. The van der Waals surface area contributed by atoms with E-state index in [1.54, 1.807) is 18.5 Å². The molecule has 4 nitrogen and oxygen atoms in total. The third-order valence-electron chi connectivity index (χ3n) is 2.25. The van der Waals surface area contributed by atoms with Gasteiger partial charge in [0.2, 0.25) is 5.95 Å². The van der Waals surface area contributed by atoms with Crippen molar-refractivity contribution in [3.63, 3.8) is 0 Å². The van der Waals surface area contributed by atoms with Crippen molar-refractivity contribution < 1.29 is 5.11 Å². The van der Waals surface area contributed by atoms with Crippen LogP contribution in [0.25, 0.3) is 0 Å². The second-order valence-corrected chi connectivity index (χ2v) is 3.36. The Labute approximate surface area is 94.0 Å². The van der Waals surface area contributed by atoms with Crippen LogP contribution in [0.5, 0.6) is 0 Å². The summed E-state index contributed by atoms with van der Waals surface area (Å²) in [6.45, 7) is 0.00225. The molecule has 0 spiro atoms. The smallest absolute Gasteiger partial charge is 0.223 e. The van der Waals surface area contributed by atoms with Crippen molar-refractivity contribution in [2.75, 3.05) is 11.9 Å². The number of nitrogens with one attached hydrogen (secondary N) is 1. The van der Waals surface area contributed by atoms with Gasteiger partial charge in [-0.2, -0.15) is 0 Å². The van der Waals surface area contributed by atoms with Crippen molar-refractivity contribution in [1.82, 2.24) is 9.97 Å². The molecule has 2 N–H and O–H groups in total. The van der Waals surface area contributed by atoms with Crippen LogP contribution >= 0.6 is 0 Å². The molecule has 0 aliphatic rings. The number of hydrogen-bond acceptors (Lipinski definition) is 4. The molecule has 2 aromatic rings. The average Bonchev–Trinajstić information content (AvgIpc) is 2.38. The van der Waals surface area contributed by atoms with Gasteiger partial charge in [-0.25, -0.2) is 9.97 Å². The van der Waals surface area contributed by atoms with E-state index >= 15 is 0 Å². The zero-order chi connectivity index (χ0) is 11.2. The van der Waals surface area contributed by atoms with Gasteiger partial charge in [-0.15, -0.1) is 0 Å². The predicted octanol–water partition coefficient (Wildman–Crippen LogP) is 1.62. The van der Waals surface area contributed by atoms with Crippen molar-refractivity contribution in [3.8, 4) is 0 Å². The van der Waals surface area contributed by atoms with E-state index in [9.17, 15) is 5.11 Å². The normalized spacial score (nSPS) is 12.1. The molecule has 82 valence electrons. The lowest BCUT2D eigenvalue weighted by atomic mass is 10.1. The van der Waals surface area contributed by atoms with Gasteiger partial charge in [-0.05, 0) is 11.6 Å². The van der Waals surface area contributed by atoms with Gasteiger partial charge in [0.25, 0.3) is 0 Å². The first-order valence-corrected chi connectivity index (χ1v) is 5.09. The van der Waals surface area contributed by atoms with E-state index in [-0.39, 0.29) is 12.6 Å². The molecule has 1 aromatic heterocycles. The van der Waals surface area contributed by atoms with Crippen LogP contribution in [0.4, 0.5) is 5.95 Å². The number of aliphatic hydroxyl groups is 1. The van der Waals surface area contributed by atoms with Gasteiger partial charge in [-0.1, -0.05) is 30.3 Å². The zero-order valence-electron chi connectivity index (χ0n) is 8.74. The zero-order valence-corrected chi connectivity index (χ0v) is 8.74. The first-order chi connectivity index (χ1) is 7.90. The van der Waals surface area contributed by atoms with E-state index in [0.717, 1.165) is 5.56 Å². The Morgan fingerprint density at radius 2 is 1.75 bits per heavy atom. The largest absolute Gasteiger partial charge is 0.394 e. The van der Waals surface area contributed by atoms with Gasteiger partial charge in [-0.3, -0.25) is 0 Å². The maximum atomic E-state index is 9.32. The number of anilines is 1. The number of aliphatic hydroxyl groups excluding tert-OH is 1. The summed E-state index contributed by atoms with van der Waals surface area (Å²) in [7, 11) is 0. The lowest BCUT2D eigenvalue weighted by Gasteiger charge is -2.16. The lowest BCUT2D eigenvalue weighted by Crippen LogP contribution is -2.16. The van der Waals surface area contributed by atoms with Crippen molar-refractivity contribution >= 4 is 5.95 Å². The fourth-order valence-corrected chi connectivity index (χ4v) is 1.45. The van der Waals surface area contributed by atoms with E-state index in [1.807, 2.05) is 30.3 Å². The second kappa shape index (κ2) is 5.23. The van der Waals surface area contributed by atoms with Gasteiger partial charge in [0.1, 0.15) is 0 Å². The molecule has 1 heterocycles. The molecular weight excluding hydrogens is 202 g/mol. The Morgan fingerprint density at radius 3 is 2.38 bits per heavy atom. The molecule has 0 amide bonds. The Balaban J connectivity index is 2.13. The van der Waals surface area contributed by atoms with Crippen LogP contribution in [0, 0.1) is 0 Å². The maximum Gasteiger partial charge on any atom is 0.223 e. The molecule has 1 aromatic carbocycles. The summed E-state index contributed by atoms with van der Waals surface area (Å²) in [5.41, 5.74) is 1.01. The van der Waals surface area contributed by atoms with E-state index in [1.165, 1.54) is 0 Å². The molecule has 0 saturated carbocycles. The van der Waals surface area contributed by atoms with Crippen LogP contribution < -0.4 is 5.32 Å². The quantitative estimate of drug-likeness (QED) is 0.813. The van der Waals surface area contributed by atoms with E-state index in [2.05, 4.69) is 15.3 Å². The monoisotopic (exact) mass is 215 g/mol. The number of nitrogens with zero attached hydrogens (tertiary/aromatic N) is 2. The lowest BCUT2D eigenvalue weighted by molar-refractivity contribution is 0.276. The molecule has 2 rings (SSSR count). The molecule has 0 radical (unpaired) electrons. The van der Waals surface area contributed by atoms with Crippen LogP contribution in [0.15, 0.2) is 48.8 Å². The summed E-state index contributed by atoms with van der Waals surface area (Å²) in [4.78, 5) is 8.12. The van der Waals surface area contributed by atoms with Crippen molar-refractivity contribution in [1.29, 1.82) is 0 Å². The number of aromatic nitrogens is 2. The first kappa shape index (κ1) is 10.6. The van der Waals surface area contributed by atoms with E-state index < -0.39 is 0 Å². The Hall–Kier alpha value is -1.94. The Morgan fingerprint density at radius 1 is 1.06 bits per heavy atom. The van der Waals surface area contributed by atoms with Gasteiger partial charge < -0.3 is 10.4 Å². The fraction of sp³-hybridized carbons (Fsp3) is 0.167. The minimum atomic E-state index is -0.177.